The number of rotatable bonds is 0. The summed E-state index contributed by atoms with van der Waals surface area (Å²) in [5.41, 5.74) is 4.24. The van der Waals surface area contributed by atoms with Crippen LogP contribution in [0.5, 0.6) is 0 Å². The lowest BCUT2D eigenvalue weighted by molar-refractivity contribution is 1.06. The summed E-state index contributed by atoms with van der Waals surface area (Å²) in [4.78, 5) is 4.35. The summed E-state index contributed by atoms with van der Waals surface area (Å²) in [6.07, 6.45) is 0. The molecule has 1 rings (SSSR count). The fourth-order valence-corrected chi connectivity index (χ4v) is 1.29. The van der Waals surface area contributed by atoms with Gasteiger partial charge in [-0.2, -0.15) is 0 Å². The second kappa shape index (κ2) is 2.82. The Kier molecular flexibility index (Phi) is 2.19. The minimum Gasteiger partial charge on any atom is -0.258 e. The van der Waals surface area contributed by atoms with E-state index < -0.39 is 0 Å². The summed E-state index contributed by atoms with van der Waals surface area (Å²) in [6, 6.07) is 0. The van der Waals surface area contributed by atoms with Crippen LogP contribution in [0.2, 0.25) is 5.02 Å². The van der Waals surface area contributed by atoms with Crippen molar-refractivity contribution in [3.05, 3.63) is 27.5 Å². The first-order valence-corrected chi connectivity index (χ1v) is 4.01. The van der Waals surface area contributed by atoms with Gasteiger partial charge in [-0.3, -0.25) is 4.98 Å². The van der Waals surface area contributed by atoms with E-state index in [0.717, 1.165) is 27.5 Å². The number of nitrogens with zero attached hydrogens (tertiary/aromatic N) is 1. The molecule has 0 unspecified atom stereocenters. The van der Waals surface area contributed by atoms with E-state index in [0.29, 0.717) is 0 Å². The van der Waals surface area contributed by atoms with Gasteiger partial charge in [0.05, 0.1) is 0 Å². The zero-order valence-corrected chi connectivity index (χ0v) is 8.08. The van der Waals surface area contributed by atoms with Crippen molar-refractivity contribution in [1.29, 1.82) is 0 Å². The highest BCUT2D eigenvalue weighted by Gasteiger charge is 2.05. The van der Waals surface area contributed by atoms with Crippen LogP contribution >= 0.6 is 11.6 Å². The molecule has 0 bridgehead atoms. The van der Waals surface area contributed by atoms with Crippen LogP contribution in [0.1, 0.15) is 22.5 Å². The molecule has 60 valence electrons. The zero-order chi connectivity index (χ0) is 8.59. The van der Waals surface area contributed by atoms with Crippen molar-refractivity contribution in [3.8, 4) is 0 Å². The third-order valence-electron chi connectivity index (χ3n) is 2.08. The number of aryl methyl sites for hydroxylation is 2. The second-order valence-electron chi connectivity index (χ2n) is 2.85. The predicted octanol–water partition coefficient (Wildman–Crippen LogP) is 2.97. The summed E-state index contributed by atoms with van der Waals surface area (Å²) < 4.78 is 0. The molecule has 1 aromatic heterocycles. The van der Waals surface area contributed by atoms with Crippen molar-refractivity contribution >= 4 is 11.6 Å². The van der Waals surface area contributed by atoms with Gasteiger partial charge in [-0.05, 0) is 38.8 Å². The molecule has 0 fully saturated rings. The highest BCUT2D eigenvalue weighted by Crippen LogP contribution is 2.23. The van der Waals surface area contributed by atoms with Crippen LogP contribution in [0.25, 0.3) is 0 Å². The first-order valence-electron chi connectivity index (χ1n) is 3.64. The summed E-state index contributed by atoms with van der Waals surface area (Å²) >= 11 is 6.05. The van der Waals surface area contributed by atoms with Crippen LogP contribution in [-0.2, 0) is 0 Å². The average molecular weight is 170 g/mol. The molecule has 0 saturated heterocycles. The topological polar surface area (TPSA) is 12.9 Å². The SMILES string of the molecule is Cc1nc(C)c(C)c(Cl)c1C. The van der Waals surface area contributed by atoms with Crippen molar-refractivity contribution in [2.45, 2.75) is 27.7 Å². The molecule has 1 heterocycles. The maximum Gasteiger partial charge on any atom is 0.0500 e. The van der Waals surface area contributed by atoms with Crippen molar-refractivity contribution in [2.24, 2.45) is 0 Å². The minimum atomic E-state index is 0.856. The van der Waals surface area contributed by atoms with E-state index in [2.05, 4.69) is 4.98 Å². The normalized spacial score (nSPS) is 10.3. The van der Waals surface area contributed by atoms with E-state index in [4.69, 9.17) is 11.6 Å². The highest BCUT2D eigenvalue weighted by atomic mass is 35.5. The summed E-state index contributed by atoms with van der Waals surface area (Å²) in [5.74, 6) is 0. The Labute approximate surface area is 72.4 Å². The largest absolute Gasteiger partial charge is 0.258 e. The van der Waals surface area contributed by atoms with Gasteiger partial charge in [0.25, 0.3) is 0 Å². The van der Waals surface area contributed by atoms with E-state index in [9.17, 15) is 0 Å². The lowest BCUT2D eigenvalue weighted by Crippen LogP contribution is -1.95. The molecule has 0 spiro atoms. The Bertz CT molecular complexity index is 266. The molecular weight excluding hydrogens is 158 g/mol. The van der Waals surface area contributed by atoms with Gasteiger partial charge in [-0.25, -0.2) is 0 Å². The first-order chi connectivity index (χ1) is 5.04. The quantitative estimate of drug-likeness (QED) is 0.582. The molecule has 0 radical (unpaired) electrons. The van der Waals surface area contributed by atoms with Crippen LogP contribution < -0.4 is 0 Å². The second-order valence-corrected chi connectivity index (χ2v) is 3.22. The Morgan fingerprint density at radius 1 is 0.909 bits per heavy atom. The zero-order valence-electron chi connectivity index (χ0n) is 7.33. The van der Waals surface area contributed by atoms with Crippen LogP contribution in [0.4, 0.5) is 0 Å². The first kappa shape index (κ1) is 8.54. The van der Waals surface area contributed by atoms with Crippen LogP contribution in [0.3, 0.4) is 0 Å². The van der Waals surface area contributed by atoms with E-state index in [-0.39, 0.29) is 0 Å². The summed E-state index contributed by atoms with van der Waals surface area (Å²) in [6.45, 7) is 7.95. The van der Waals surface area contributed by atoms with Crippen molar-refractivity contribution < 1.29 is 0 Å². The maximum absolute atomic E-state index is 6.05. The third kappa shape index (κ3) is 1.38. The number of aromatic nitrogens is 1. The number of hydrogen-bond acceptors (Lipinski definition) is 1. The lowest BCUT2D eigenvalue weighted by atomic mass is 10.1. The van der Waals surface area contributed by atoms with Gasteiger partial charge >= 0.3 is 0 Å². The number of halogens is 1. The Hall–Kier alpha value is -0.560. The smallest absolute Gasteiger partial charge is 0.0500 e. The van der Waals surface area contributed by atoms with Crippen LogP contribution in [0.15, 0.2) is 0 Å². The highest BCUT2D eigenvalue weighted by molar-refractivity contribution is 6.32. The van der Waals surface area contributed by atoms with E-state index in [1.54, 1.807) is 0 Å². The molecule has 0 atom stereocenters. The van der Waals surface area contributed by atoms with E-state index in [1.165, 1.54) is 0 Å². The van der Waals surface area contributed by atoms with Gasteiger partial charge in [-0.1, -0.05) is 11.6 Å². The maximum atomic E-state index is 6.05. The monoisotopic (exact) mass is 169 g/mol. The van der Waals surface area contributed by atoms with Gasteiger partial charge in [0.2, 0.25) is 0 Å². The van der Waals surface area contributed by atoms with Crippen molar-refractivity contribution in [2.75, 3.05) is 0 Å². The van der Waals surface area contributed by atoms with Gasteiger partial charge < -0.3 is 0 Å². The van der Waals surface area contributed by atoms with Gasteiger partial charge in [0.1, 0.15) is 0 Å². The standard InChI is InChI=1S/C9H12ClN/c1-5-7(3)11-8(4)6(2)9(5)10/h1-4H3. The lowest BCUT2D eigenvalue weighted by Gasteiger charge is -2.07. The van der Waals surface area contributed by atoms with Crippen molar-refractivity contribution in [1.82, 2.24) is 4.98 Å². The molecule has 1 aromatic rings. The molecule has 0 aromatic carbocycles. The van der Waals surface area contributed by atoms with E-state index in [1.807, 2.05) is 27.7 Å². The molecule has 0 amide bonds. The fourth-order valence-electron chi connectivity index (χ4n) is 1.02. The predicted molar refractivity (Wildman–Crippen MR) is 48.2 cm³/mol. The summed E-state index contributed by atoms with van der Waals surface area (Å²) in [5, 5.41) is 0.856. The molecule has 2 heteroatoms. The van der Waals surface area contributed by atoms with Gasteiger partial charge in [-0.15, -0.1) is 0 Å². The molecule has 0 N–H and O–H groups in total. The molecule has 0 saturated carbocycles. The Balaban J connectivity index is 3.46. The number of pyridine rings is 1. The molecule has 0 aliphatic rings. The van der Waals surface area contributed by atoms with Crippen molar-refractivity contribution in [3.63, 3.8) is 0 Å². The fraction of sp³-hybridized carbons (Fsp3) is 0.444. The average Bonchev–Trinajstić information content (AvgIpc) is 1.97. The van der Waals surface area contributed by atoms with Crippen LogP contribution in [0, 0.1) is 27.7 Å². The van der Waals surface area contributed by atoms with Gasteiger partial charge in [0, 0.05) is 16.4 Å². The van der Waals surface area contributed by atoms with Gasteiger partial charge in [0.15, 0.2) is 0 Å². The number of hydrogen-bond donors (Lipinski definition) is 0. The minimum absolute atomic E-state index is 0.856. The molecule has 1 nitrogen and oxygen atoms in total. The molecule has 0 aliphatic carbocycles. The summed E-state index contributed by atoms with van der Waals surface area (Å²) in [7, 11) is 0. The van der Waals surface area contributed by atoms with Crippen LogP contribution in [-0.4, -0.2) is 4.98 Å². The molecule has 0 aliphatic heterocycles. The Morgan fingerprint density at radius 3 is 1.64 bits per heavy atom. The molecular formula is C9H12ClN. The molecule has 11 heavy (non-hydrogen) atoms. The van der Waals surface area contributed by atoms with E-state index >= 15 is 0 Å². The third-order valence-corrected chi connectivity index (χ3v) is 2.65. The Morgan fingerprint density at radius 2 is 1.27 bits per heavy atom.